The van der Waals surface area contributed by atoms with E-state index >= 15 is 0 Å². The molecule has 0 bridgehead atoms. The maximum absolute atomic E-state index is 9.86. The van der Waals surface area contributed by atoms with Crippen LogP contribution in [0.5, 0.6) is 0 Å². The SMILES string of the molecule is C=CC[N+]1(CC=C)C[C@@H](C)[C@@H](O)C[C@H]1C. The maximum Gasteiger partial charge on any atom is 0.0975 e. The van der Waals surface area contributed by atoms with E-state index in [0.717, 1.165) is 30.5 Å². The van der Waals surface area contributed by atoms with Gasteiger partial charge in [0.25, 0.3) is 0 Å². The summed E-state index contributed by atoms with van der Waals surface area (Å²) >= 11 is 0. The van der Waals surface area contributed by atoms with E-state index in [9.17, 15) is 5.11 Å². The summed E-state index contributed by atoms with van der Waals surface area (Å²) < 4.78 is 1.01. The summed E-state index contributed by atoms with van der Waals surface area (Å²) in [5.74, 6) is 0.376. The number of quaternary nitrogens is 1. The van der Waals surface area contributed by atoms with Crippen LogP contribution in [-0.4, -0.2) is 41.4 Å². The van der Waals surface area contributed by atoms with Gasteiger partial charge in [-0.15, -0.1) is 0 Å². The Bertz CT molecular complexity index is 227. The van der Waals surface area contributed by atoms with Gasteiger partial charge in [-0.25, -0.2) is 0 Å². The van der Waals surface area contributed by atoms with Crippen molar-refractivity contribution in [1.82, 2.24) is 0 Å². The van der Waals surface area contributed by atoms with Crippen molar-refractivity contribution in [3.8, 4) is 0 Å². The number of likely N-dealkylation sites (tertiary alicyclic amines) is 1. The van der Waals surface area contributed by atoms with E-state index < -0.39 is 0 Å². The summed E-state index contributed by atoms with van der Waals surface area (Å²) in [6, 6.07) is 0.493. The molecule has 1 saturated heterocycles. The molecule has 1 aliphatic rings. The van der Waals surface area contributed by atoms with Gasteiger partial charge in [-0.1, -0.05) is 20.1 Å². The molecule has 86 valence electrons. The van der Waals surface area contributed by atoms with E-state index in [2.05, 4.69) is 27.0 Å². The predicted octanol–water partition coefficient (Wildman–Crippen LogP) is 1.96. The van der Waals surface area contributed by atoms with E-state index in [4.69, 9.17) is 0 Å². The molecule has 0 aromatic heterocycles. The van der Waals surface area contributed by atoms with Crippen molar-refractivity contribution < 1.29 is 9.59 Å². The molecule has 0 unspecified atom stereocenters. The van der Waals surface area contributed by atoms with Crippen molar-refractivity contribution in [2.24, 2.45) is 5.92 Å². The topological polar surface area (TPSA) is 20.2 Å². The first-order chi connectivity index (χ1) is 7.05. The number of rotatable bonds is 4. The van der Waals surface area contributed by atoms with Gasteiger partial charge in [0, 0.05) is 12.3 Å². The van der Waals surface area contributed by atoms with Crippen molar-refractivity contribution in [2.75, 3.05) is 19.6 Å². The van der Waals surface area contributed by atoms with E-state index in [0.29, 0.717) is 12.0 Å². The van der Waals surface area contributed by atoms with Gasteiger partial charge in [-0.3, -0.25) is 0 Å². The van der Waals surface area contributed by atoms with Crippen LogP contribution in [0.1, 0.15) is 20.3 Å². The Morgan fingerprint density at radius 2 is 1.80 bits per heavy atom. The number of hydrogen-bond acceptors (Lipinski definition) is 1. The molecule has 0 aromatic rings. The highest BCUT2D eigenvalue weighted by Gasteiger charge is 2.41. The van der Waals surface area contributed by atoms with Gasteiger partial charge in [0.1, 0.15) is 0 Å². The van der Waals surface area contributed by atoms with Gasteiger partial charge in [0.2, 0.25) is 0 Å². The molecule has 2 heteroatoms. The van der Waals surface area contributed by atoms with Gasteiger partial charge < -0.3 is 9.59 Å². The molecule has 1 rings (SSSR count). The summed E-state index contributed by atoms with van der Waals surface area (Å²) in [6.45, 7) is 15.0. The molecule has 1 aliphatic heterocycles. The quantitative estimate of drug-likeness (QED) is 0.555. The van der Waals surface area contributed by atoms with Crippen LogP contribution in [-0.2, 0) is 0 Å². The molecule has 15 heavy (non-hydrogen) atoms. The number of aliphatic hydroxyl groups is 1. The highest BCUT2D eigenvalue weighted by molar-refractivity contribution is 4.81. The molecule has 0 radical (unpaired) electrons. The Labute approximate surface area is 93.5 Å². The van der Waals surface area contributed by atoms with E-state index in [1.165, 1.54) is 0 Å². The van der Waals surface area contributed by atoms with E-state index in [1.54, 1.807) is 0 Å². The van der Waals surface area contributed by atoms with Crippen LogP contribution in [0.15, 0.2) is 25.3 Å². The lowest BCUT2D eigenvalue weighted by Crippen LogP contribution is -2.62. The number of nitrogens with zero attached hydrogens (tertiary/aromatic N) is 1. The molecule has 1 heterocycles. The minimum atomic E-state index is -0.138. The van der Waals surface area contributed by atoms with E-state index in [1.807, 2.05) is 12.2 Å². The van der Waals surface area contributed by atoms with Gasteiger partial charge in [-0.05, 0) is 19.1 Å². The zero-order valence-electron chi connectivity index (χ0n) is 10.0. The molecule has 3 atom stereocenters. The second-order valence-electron chi connectivity index (χ2n) is 4.97. The second-order valence-corrected chi connectivity index (χ2v) is 4.97. The fourth-order valence-corrected chi connectivity index (χ4v) is 2.78. The summed E-state index contributed by atoms with van der Waals surface area (Å²) in [5.41, 5.74) is 0. The minimum absolute atomic E-state index is 0.138. The van der Waals surface area contributed by atoms with Crippen molar-refractivity contribution in [3.63, 3.8) is 0 Å². The number of hydrogen-bond donors (Lipinski definition) is 1. The second kappa shape index (κ2) is 4.95. The Balaban J connectivity index is 2.84. The van der Waals surface area contributed by atoms with Crippen molar-refractivity contribution in [2.45, 2.75) is 32.4 Å². The highest BCUT2D eigenvalue weighted by atomic mass is 16.3. The molecule has 0 saturated carbocycles. The minimum Gasteiger partial charge on any atom is -0.392 e. The highest BCUT2D eigenvalue weighted by Crippen LogP contribution is 2.29. The van der Waals surface area contributed by atoms with Crippen molar-refractivity contribution >= 4 is 0 Å². The third-order valence-electron chi connectivity index (χ3n) is 3.81. The van der Waals surface area contributed by atoms with Crippen molar-refractivity contribution in [1.29, 1.82) is 0 Å². The summed E-state index contributed by atoms with van der Waals surface area (Å²) in [5, 5.41) is 9.86. The number of aliphatic hydroxyl groups excluding tert-OH is 1. The molecule has 2 nitrogen and oxygen atoms in total. The third-order valence-corrected chi connectivity index (χ3v) is 3.81. The van der Waals surface area contributed by atoms with Crippen LogP contribution in [0.3, 0.4) is 0 Å². The Morgan fingerprint density at radius 1 is 1.27 bits per heavy atom. The molecule has 0 aliphatic carbocycles. The number of piperidine rings is 1. The molecular weight excluding hydrogens is 186 g/mol. The lowest BCUT2D eigenvalue weighted by Gasteiger charge is -2.49. The fraction of sp³-hybridized carbons (Fsp3) is 0.692. The van der Waals surface area contributed by atoms with E-state index in [-0.39, 0.29) is 6.10 Å². The molecule has 1 N–H and O–H groups in total. The first-order valence-electron chi connectivity index (χ1n) is 5.81. The fourth-order valence-electron chi connectivity index (χ4n) is 2.78. The van der Waals surface area contributed by atoms with Crippen LogP contribution in [0.25, 0.3) is 0 Å². The molecule has 1 fully saturated rings. The standard InChI is InChI=1S/C13H24NO/c1-5-7-14(8-6-2)10-11(3)13(15)9-12(14)4/h5-6,11-13,15H,1-2,7-10H2,3-4H3/q+1/t11-,12-,13+/m1/s1. The summed E-state index contributed by atoms with van der Waals surface area (Å²) in [7, 11) is 0. The molecule has 0 aromatic carbocycles. The van der Waals surface area contributed by atoms with Crippen molar-refractivity contribution in [3.05, 3.63) is 25.3 Å². The normalized spacial score (nSPS) is 34.7. The molecular formula is C13H24NO+. The van der Waals surface area contributed by atoms with Gasteiger partial charge in [-0.2, -0.15) is 0 Å². The third kappa shape index (κ3) is 2.50. The Hall–Kier alpha value is -0.600. The molecule has 0 spiro atoms. The first kappa shape index (κ1) is 12.5. The van der Waals surface area contributed by atoms with Crippen LogP contribution in [0, 0.1) is 5.92 Å². The van der Waals surface area contributed by atoms with Gasteiger partial charge >= 0.3 is 0 Å². The first-order valence-corrected chi connectivity index (χ1v) is 5.81. The Kier molecular flexibility index (Phi) is 4.12. The van der Waals surface area contributed by atoms with Crippen LogP contribution in [0.4, 0.5) is 0 Å². The predicted molar refractivity (Wildman–Crippen MR) is 64.5 cm³/mol. The lowest BCUT2D eigenvalue weighted by molar-refractivity contribution is -0.948. The average molecular weight is 210 g/mol. The average Bonchev–Trinajstić information content (AvgIpc) is 2.16. The smallest absolute Gasteiger partial charge is 0.0975 e. The van der Waals surface area contributed by atoms with Gasteiger partial charge in [0.05, 0.1) is 31.8 Å². The monoisotopic (exact) mass is 210 g/mol. The maximum atomic E-state index is 9.86. The molecule has 0 amide bonds. The largest absolute Gasteiger partial charge is 0.392 e. The van der Waals surface area contributed by atoms with Crippen LogP contribution >= 0.6 is 0 Å². The lowest BCUT2D eigenvalue weighted by atomic mass is 9.89. The zero-order chi connectivity index (χ0) is 11.5. The Morgan fingerprint density at radius 3 is 2.27 bits per heavy atom. The van der Waals surface area contributed by atoms with Crippen LogP contribution in [0.2, 0.25) is 0 Å². The van der Waals surface area contributed by atoms with Gasteiger partial charge in [0.15, 0.2) is 0 Å². The summed E-state index contributed by atoms with van der Waals surface area (Å²) in [6.07, 6.45) is 4.73. The summed E-state index contributed by atoms with van der Waals surface area (Å²) in [4.78, 5) is 0. The van der Waals surface area contributed by atoms with Crippen LogP contribution < -0.4 is 0 Å². The zero-order valence-corrected chi connectivity index (χ0v) is 10.0.